The van der Waals surface area contributed by atoms with E-state index in [4.69, 9.17) is 14.2 Å². The molecule has 3 heteroatoms. The summed E-state index contributed by atoms with van der Waals surface area (Å²) in [6.07, 6.45) is 34.7. The van der Waals surface area contributed by atoms with Crippen molar-refractivity contribution in [2.75, 3.05) is 26.8 Å². The highest BCUT2D eigenvalue weighted by atomic mass is 16.7. The average Bonchev–Trinajstić information content (AvgIpc) is 2.78. The molecule has 0 unspecified atom stereocenters. The molecule has 0 aliphatic heterocycles. The number of allylic oxidation sites excluding steroid dienone is 8. The Labute approximate surface area is 193 Å². The zero-order chi connectivity index (χ0) is 22.5. The van der Waals surface area contributed by atoms with Crippen LogP contribution in [0, 0.1) is 0 Å². The highest BCUT2D eigenvalue weighted by Gasteiger charge is 1.90. The highest BCUT2D eigenvalue weighted by molar-refractivity contribution is 5.02. The molecule has 0 saturated heterocycles. The Hall–Kier alpha value is -1.16. The molecule has 0 atom stereocenters. The summed E-state index contributed by atoms with van der Waals surface area (Å²) in [5.41, 5.74) is 0. The van der Waals surface area contributed by atoms with E-state index in [9.17, 15) is 0 Å². The number of hydrogen-bond donors (Lipinski definition) is 0. The van der Waals surface area contributed by atoms with Gasteiger partial charge in [-0.05, 0) is 51.4 Å². The Kier molecular flexibility index (Phi) is 27.8. The van der Waals surface area contributed by atoms with Crippen molar-refractivity contribution in [1.29, 1.82) is 0 Å². The van der Waals surface area contributed by atoms with E-state index in [-0.39, 0.29) is 0 Å². The Morgan fingerprint density at radius 2 is 0.806 bits per heavy atom. The van der Waals surface area contributed by atoms with Gasteiger partial charge in [-0.15, -0.1) is 0 Å². The zero-order valence-corrected chi connectivity index (χ0v) is 20.6. The molecule has 0 rings (SSSR count). The van der Waals surface area contributed by atoms with E-state index in [1.165, 1.54) is 64.2 Å². The van der Waals surface area contributed by atoms with Gasteiger partial charge in [-0.1, -0.05) is 101 Å². The second-order valence-electron chi connectivity index (χ2n) is 7.95. The molecule has 0 aromatic heterocycles. The smallest absolute Gasteiger partial charge is 0.149 e. The van der Waals surface area contributed by atoms with Crippen LogP contribution in [0.15, 0.2) is 48.6 Å². The third-order valence-corrected chi connectivity index (χ3v) is 4.87. The van der Waals surface area contributed by atoms with Crippen LogP contribution in [0.2, 0.25) is 0 Å². The van der Waals surface area contributed by atoms with Crippen LogP contribution < -0.4 is 0 Å². The molecule has 0 radical (unpaired) electrons. The number of rotatable bonds is 24. The van der Waals surface area contributed by atoms with Crippen molar-refractivity contribution in [2.24, 2.45) is 0 Å². The van der Waals surface area contributed by atoms with Crippen molar-refractivity contribution in [3.8, 4) is 0 Å². The summed E-state index contributed by atoms with van der Waals surface area (Å²) in [7, 11) is 0. The van der Waals surface area contributed by atoms with Crippen molar-refractivity contribution in [3.05, 3.63) is 48.6 Å². The molecule has 0 spiro atoms. The first-order chi connectivity index (χ1) is 15.4. The minimum atomic E-state index is 0.310. The molecule has 0 aromatic rings. The van der Waals surface area contributed by atoms with Crippen molar-refractivity contribution in [1.82, 2.24) is 0 Å². The van der Waals surface area contributed by atoms with E-state index in [0.717, 1.165) is 38.9 Å². The van der Waals surface area contributed by atoms with E-state index in [0.29, 0.717) is 13.6 Å². The molecule has 0 bridgehead atoms. The van der Waals surface area contributed by atoms with Gasteiger partial charge in [0.25, 0.3) is 0 Å². The summed E-state index contributed by atoms with van der Waals surface area (Å²) in [4.78, 5) is 0. The van der Waals surface area contributed by atoms with Gasteiger partial charge in [0.2, 0.25) is 0 Å². The van der Waals surface area contributed by atoms with Gasteiger partial charge in [-0.3, -0.25) is 0 Å². The molecule has 0 aliphatic carbocycles. The summed E-state index contributed by atoms with van der Waals surface area (Å²) in [6, 6.07) is 0. The first-order valence-electron chi connectivity index (χ1n) is 12.8. The monoisotopic (exact) mass is 434 g/mol. The van der Waals surface area contributed by atoms with Gasteiger partial charge in [0.1, 0.15) is 13.6 Å². The fraction of sp³-hybridized carbons (Fsp3) is 0.714. The molecule has 31 heavy (non-hydrogen) atoms. The SMILES string of the molecule is CCCCCC/C=C/C=C/CCCOCOCOCCC/C=C/C=C/CCCCCC. The fourth-order valence-electron chi connectivity index (χ4n) is 2.95. The Bertz CT molecular complexity index is 398. The Morgan fingerprint density at radius 1 is 0.419 bits per heavy atom. The van der Waals surface area contributed by atoms with Gasteiger partial charge in [0.05, 0.1) is 0 Å². The molecule has 0 saturated carbocycles. The van der Waals surface area contributed by atoms with Crippen molar-refractivity contribution in [3.63, 3.8) is 0 Å². The lowest BCUT2D eigenvalue weighted by Crippen LogP contribution is -2.06. The van der Waals surface area contributed by atoms with E-state index in [2.05, 4.69) is 62.5 Å². The standard InChI is InChI=1S/C28H50O3/c1-3-5-7-9-11-13-15-17-19-21-23-25-29-27-31-28-30-26-24-22-20-18-16-14-12-10-8-6-4-2/h13-20H,3-12,21-28H2,1-2H3/b15-13+,16-14+,19-17+,20-18+. The predicted molar refractivity (Wildman–Crippen MR) is 135 cm³/mol. The normalized spacial score (nSPS) is 12.5. The molecule has 3 nitrogen and oxygen atoms in total. The molecule has 0 N–H and O–H groups in total. The Morgan fingerprint density at radius 3 is 1.19 bits per heavy atom. The van der Waals surface area contributed by atoms with Gasteiger partial charge in [0.15, 0.2) is 0 Å². The highest BCUT2D eigenvalue weighted by Crippen LogP contribution is 2.04. The van der Waals surface area contributed by atoms with Gasteiger partial charge >= 0.3 is 0 Å². The Balaban J connectivity index is 3.21. The van der Waals surface area contributed by atoms with Crippen molar-refractivity contribution in [2.45, 2.75) is 104 Å². The number of hydrogen-bond acceptors (Lipinski definition) is 3. The minimum absolute atomic E-state index is 0.310. The topological polar surface area (TPSA) is 27.7 Å². The van der Waals surface area contributed by atoms with Crippen LogP contribution in [0.25, 0.3) is 0 Å². The quantitative estimate of drug-likeness (QED) is 0.0863. The molecule has 0 aromatic carbocycles. The van der Waals surface area contributed by atoms with E-state index in [1.54, 1.807) is 0 Å². The molecular weight excluding hydrogens is 384 g/mol. The molecule has 0 amide bonds. The molecule has 0 aliphatic rings. The van der Waals surface area contributed by atoms with Gasteiger partial charge in [-0.25, -0.2) is 0 Å². The average molecular weight is 435 g/mol. The lowest BCUT2D eigenvalue weighted by molar-refractivity contribution is -0.131. The third kappa shape index (κ3) is 28.8. The van der Waals surface area contributed by atoms with Gasteiger partial charge in [-0.2, -0.15) is 0 Å². The maximum absolute atomic E-state index is 5.46. The van der Waals surface area contributed by atoms with Crippen LogP contribution in [0.5, 0.6) is 0 Å². The van der Waals surface area contributed by atoms with Crippen LogP contribution in [0.4, 0.5) is 0 Å². The fourth-order valence-corrected chi connectivity index (χ4v) is 2.95. The first-order valence-corrected chi connectivity index (χ1v) is 12.8. The number of ether oxygens (including phenoxy) is 3. The molecule has 0 fully saturated rings. The lowest BCUT2D eigenvalue weighted by atomic mass is 10.1. The first kappa shape index (κ1) is 29.8. The maximum atomic E-state index is 5.46. The second-order valence-corrected chi connectivity index (χ2v) is 7.95. The molecule has 0 heterocycles. The van der Waals surface area contributed by atoms with Crippen LogP contribution in [0.1, 0.15) is 104 Å². The van der Waals surface area contributed by atoms with Crippen LogP contribution in [0.3, 0.4) is 0 Å². The van der Waals surface area contributed by atoms with E-state index < -0.39 is 0 Å². The minimum Gasteiger partial charge on any atom is -0.355 e. The molecule has 180 valence electrons. The summed E-state index contributed by atoms with van der Waals surface area (Å²) < 4.78 is 16.2. The summed E-state index contributed by atoms with van der Waals surface area (Å²) in [6.45, 7) is 6.57. The van der Waals surface area contributed by atoms with E-state index >= 15 is 0 Å². The van der Waals surface area contributed by atoms with Gasteiger partial charge in [0, 0.05) is 13.2 Å². The van der Waals surface area contributed by atoms with Crippen LogP contribution in [-0.2, 0) is 14.2 Å². The third-order valence-electron chi connectivity index (χ3n) is 4.87. The molecular formula is C28H50O3. The van der Waals surface area contributed by atoms with Crippen molar-refractivity contribution < 1.29 is 14.2 Å². The summed E-state index contributed by atoms with van der Waals surface area (Å²) >= 11 is 0. The van der Waals surface area contributed by atoms with Crippen LogP contribution >= 0.6 is 0 Å². The van der Waals surface area contributed by atoms with E-state index in [1.807, 2.05) is 0 Å². The zero-order valence-electron chi connectivity index (χ0n) is 20.6. The van der Waals surface area contributed by atoms with Crippen LogP contribution in [-0.4, -0.2) is 26.8 Å². The second kappa shape index (κ2) is 28.8. The lowest BCUT2D eigenvalue weighted by Gasteiger charge is -2.05. The largest absolute Gasteiger partial charge is 0.355 e. The maximum Gasteiger partial charge on any atom is 0.149 e. The summed E-state index contributed by atoms with van der Waals surface area (Å²) in [5.74, 6) is 0. The summed E-state index contributed by atoms with van der Waals surface area (Å²) in [5, 5.41) is 0. The van der Waals surface area contributed by atoms with Gasteiger partial charge < -0.3 is 14.2 Å². The predicted octanol–water partition coefficient (Wildman–Crippen LogP) is 8.68. The number of unbranched alkanes of at least 4 members (excludes halogenated alkanes) is 10. The van der Waals surface area contributed by atoms with Crippen molar-refractivity contribution >= 4 is 0 Å².